The largest absolute Gasteiger partial charge is 0.383 e. The van der Waals surface area contributed by atoms with Crippen LogP contribution in [-0.2, 0) is 4.74 Å². The van der Waals surface area contributed by atoms with E-state index >= 15 is 0 Å². The quantitative estimate of drug-likeness (QED) is 0.765. The topological polar surface area (TPSA) is 34.1 Å². The molecule has 94 valence electrons. The Morgan fingerprint density at radius 2 is 2.29 bits per heavy atom. The molecular formula is C14H22N2O. The number of pyridine rings is 1. The highest BCUT2D eigenvalue weighted by Gasteiger charge is 2.57. The lowest BCUT2D eigenvalue weighted by atomic mass is 10.1. The highest BCUT2D eigenvalue weighted by molar-refractivity contribution is 5.29. The highest BCUT2D eigenvalue weighted by Crippen LogP contribution is 2.63. The molecule has 0 spiro atoms. The van der Waals surface area contributed by atoms with E-state index in [0.29, 0.717) is 17.3 Å². The zero-order chi connectivity index (χ0) is 12.3. The van der Waals surface area contributed by atoms with Gasteiger partial charge >= 0.3 is 0 Å². The Hall–Kier alpha value is -0.930. The lowest BCUT2D eigenvalue weighted by molar-refractivity contribution is 0.198. The molecule has 17 heavy (non-hydrogen) atoms. The molecule has 0 radical (unpaired) electrons. The fraction of sp³-hybridized carbons (Fsp3) is 0.643. The molecule has 1 heterocycles. The summed E-state index contributed by atoms with van der Waals surface area (Å²) < 4.78 is 5.03. The van der Waals surface area contributed by atoms with Crippen molar-refractivity contribution in [2.75, 3.05) is 26.8 Å². The summed E-state index contributed by atoms with van der Waals surface area (Å²) in [5.74, 6) is 1.36. The first kappa shape index (κ1) is 12.5. The number of ether oxygens (including phenoxy) is 1. The lowest BCUT2D eigenvalue weighted by Gasteiger charge is -2.04. The number of rotatable bonds is 6. The van der Waals surface area contributed by atoms with Crippen LogP contribution in [0.15, 0.2) is 24.5 Å². The van der Waals surface area contributed by atoms with Gasteiger partial charge in [-0.2, -0.15) is 0 Å². The Labute approximate surface area is 104 Å². The first-order chi connectivity index (χ1) is 8.18. The van der Waals surface area contributed by atoms with Crippen LogP contribution in [0.1, 0.15) is 25.3 Å². The number of nitrogens with zero attached hydrogens (tertiary/aromatic N) is 1. The smallest absolute Gasteiger partial charge is 0.0587 e. The van der Waals surface area contributed by atoms with Crippen molar-refractivity contribution in [3.63, 3.8) is 0 Å². The third-order valence-electron chi connectivity index (χ3n) is 3.94. The van der Waals surface area contributed by atoms with Gasteiger partial charge in [0.2, 0.25) is 0 Å². The fourth-order valence-corrected chi connectivity index (χ4v) is 2.78. The van der Waals surface area contributed by atoms with E-state index in [2.05, 4.69) is 30.2 Å². The lowest BCUT2D eigenvalue weighted by Crippen LogP contribution is -2.22. The molecule has 3 heteroatoms. The molecule has 0 saturated heterocycles. The third kappa shape index (κ3) is 2.67. The molecule has 0 aromatic carbocycles. The minimum atomic E-state index is 0.392. The van der Waals surface area contributed by atoms with Gasteiger partial charge in [-0.1, -0.05) is 19.9 Å². The number of methoxy groups -OCH3 is 1. The summed E-state index contributed by atoms with van der Waals surface area (Å²) in [6, 6.07) is 4.22. The van der Waals surface area contributed by atoms with Crippen LogP contribution in [0.5, 0.6) is 0 Å². The number of nitrogens with one attached hydrogen (secondary N) is 1. The van der Waals surface area contributed by atoms with Crippen molar-refractivity contribution >= 4 is 0 Å². The molecule has 1 fully saturated rings. The van der Waals surface area contributed by atoms with Gasteiger partial charge in [0, 0.05) is 26.0 Å². The van der Waals surface area contributed by atoms with Gasteiger partial charge in [-0.25, -0.2) is 0 Å². The van der Waals surface area contributed by atoms with Crippen molar-refractivity contribution in [2.24, 2.45) is 11.3 Å². The molecule has 2 unspecified atom stereocenters. The molecule has 1 N–H and O–H groups in total. The number of hydrogen-bond donors (Lipinski definition) is 1. The van der Waals surface area contributed by atoms with Gasteiger partial charge in [0.15, 0.2) is 0 Å². The number of aromatic nitrogens is 1. The van der Waals surface area contributed by atoms with Gasteiger partial charge in [0.1, 0.15) is 0 Å². The van der Waals surface area contributed by atoms with E-state index in [4.69, 9.17) is 4.74 Å². The molecule has 1 aliphatic carbocycles. The summed E-state index contributed by atoms with van der Waals surface area (Å²) in [5, 5.41) is 3.46. The van der Waals surface area contributed by atoms with Crippen LogP contribution in [0, 0.1) is 11.3 Å². The van der Waals surface area contributed by atoms with E-state index in [-0.39, 0.29) is 0 Å². The highest BCUT2D eigenvalue weighted by atomic mass is 16.5. The maximum absolute atomic E-state index is 5.03. The Bertz CT molecular complexity index is 350. The van der Waals surface area contributed by atoms with Crippen LogP contribution >= 0.6 is 0 Å². The SMILES string of the molecule is COCCNCC1C(c2cccnc2)C1(C)C. The van der Waals surface area contributed by atoms with Crippen LogP contribution < -0.4 is 5.32 Å². The Morgan fingerprint density at radius 3 is 2.94 bits per heavy atom. The third-order valence-corrected chi connectivity index (χ3v) is 3.94. The zero-order valence-corrected chi connectivity index (χ0v) is 10.9. The summed E-state index contributed by atoms with van der Waals surface area (Å²) in [4.78, 5) is 4.22. The number of hydrogen-bond acceptors (Lipinski definition) is 3. The average molecular weight is 234 g/mol. The van der Waals surface area contributed by atoms with Gasteiger partial charge in [0.05, 0.1) is 6.61 Å². The van der Waals surface area contributed by atoms with E-state index in [1.165, 1.54) is 5.56 Å². The van der Waals surface area contributed by atoms with Crippen LogP contribution in [0.25, 0.3) is 0 Å². The summed E-state index contributed by atoms with van der Waals surface area (Å²) in [6.45, 7) is 7.46. The van der Waals surface area contributed by atoms with Crippen LogP contribution in [0.4, 0.5) is 0 Å². The predicted octanol–water partition coefficient (Wildman–Crippen LogP) is 2.06. The molecule has 0 bridgehead atoms. The minimum absolute atomic E-state index is 0.392. The molecule has 2 rings (SSSR count). The van der Waals surface area contributed by atoms with Crippen molar-refractivity contribution in [2.45, 2.75) is 19.8 Å². The molecule has 1 aliphatic rings. The molecule has 1 aromatic heterocycles. The summed E-state index contributed by atoms with van der Waals surface area (Å²) >= 11 is 0. The second kappa shape index (κ2) is 5.15. The molecule has 1 aromatic rings. The minimum Gasteiger partial charge on any atom is -0.383 e. The van der Waals surface area contributed by atoms with Gasteiger partial charge < -0.3 is 10.1 Å². The van der Waals surface area contributed by atoms with Gasteiger partial charge in [-0.3, -0.25) is 4.98 Å². The van der Waals surface area contributed by atoms with Gasteiger partial charge in [0.25, 0.3) is 0 Å². The molecular weight excluding hydrogens is 212 g/mol. The van der Waals surface area contributed by atoms with Crippen molar-refractivity contribution in [3.05, 3.63) is 30.1 Å². The van der Waals surface area contributed by atoms with Crippen LogP contribution in [0.2, 0.25) is 0 Å². The first-order valence-electron chi connectivity index (χ1n) is 6.27. The second-order valence-corrected chi connectivity index (χ2v) is 5.39. The normalized spacial score (nSPS) is 25.8. The monoisotopic (exact) mass is 234 g/mol. The first-order valence-corrected chi connectivity index (χ1v) is 6.27. The van der Waals surface area contributed by atoms with Gasteiger partial charge in [-0.05, 0) is 35.4 Å². The molecule has 0 aliphatic heterocycles. The molecule has 2 atom stereocenters. The Balaban J connectivity index is 1.88. The second-order valence-electron chi connectivity index (χ2n) is 5.39. The summed E-state index contributed by atoms with van der Waals surface area (Å²) in [5.41, 5.74) is 1.76. The molecule has 3 nitrogen and oxygen atoms in total. The van der Waals surface area contributed by atoms with Crippen LogP contribution in [0.3, 0.4) is 0 Å². The Kier molecular flexibility index (Phi) is 3.79. The summed E-state index contributed by atoms with van der Waals surface area (Å²) in [6.07, 6.45) is 3.84. The van der Waals surface area contributed by atoms with Gasteiger partial charge in [-0.15, -0.1) is 0 Å². The average Bonchev–Trinajstić information content (AvgIpc) is 2.88. The van der Waals surface area contributed by atoms with E-state index in [0.717, 1.165) is 19.7 Å². The van der Waals surface area contributed by atoms with E-state index in [9.17, 15) is 0 Å². The maximum Gasteiger partial charge on any atom is 0.0587 e. The van der Waals surface area contributed by atoms with Crippen molar-refractivity contribution < 1.29 is 4.74 Å². The molecule has 1 saturated carbocycles. The van der Waals surface area contributed by atoms with E-state index in [1.54, 1.807) is 7.11 Å². The van der Waals surface area contributed by atoms with E-state index in [1.807, 2.05) is 18.5 Å². The van der Waals surface area contributed by atoms with Crippen molar-refractivity contribution in [3.8, 4) is 0 Å². The standard InChI is InChI=1S/C14H22N2O/c1-14(2)12(10-16-7-8-17-3)13(14)11-5-4-6-15-9-11/h4-6,9,12-13,16H,7-8,10H2,1-3H3. The maximum atomic E-state index is 5.03. The van der Waals surface area contributed by atoms with Crippen molar-refractivity contribution in [1.29, 1.82) is 0 Å². The van der Waals surface area contributed by atoms with Crippen LogP contribution in [-0.4, -0.2) is 31.8 Å². The summed E-state index contributed by atoms with van der Waals surface area (Å²) in [7, 11) is 1.74. The van der Waals surface area contributed by atoms with E-state index < -0.39 is 0 Å². The molecule has 0 amide bonds. The zero-order valence-electron chi connectivity index (χ0n) is 10.9. The fourth-order valence-electron chi connectivity index (χ4n) is 2.78. The predicted molar refractivity (Wildman–Crippen MR) is 69.0 cm³/mol. The van der Waals surface area contributed by atoms with Crippen molar-refractivity contribution in [1.82, 2.24) is 10.3 Å². The Morgan fingerprint density at radius 1 is 1.47 bits per heavy atom.